The lowest BCUT2D eigenvalue weighted by Gasteiger charge is -2.49. The minimum atomic E-state index is 0.399. The van der Waals surface area contributed by atoms with Gasteiger partial charge in [-0.2, -0.15) is 0 Å². The van der Waals surface area contributed by atoms with Gasteiger partial charge in [0.05, 0.1) is 12.6 Å². The molecule has 0 amide bonds. The molecule has 4 heteroatoms. The maximum atomic E-state index is 5.14. The Kier molecular flexibility index (Phi) is 3.84. The Balaban J connectivity index is 2.14. The Morgan fingerprint density at radius 2 is 2.29 bits per heavy atom. The molecule has 2 heterocycles. The summed E-state index contributed by atoms with van der Waals surface area (Å²) in [6, 6.07) is 0.407. The van der Waals surface area contributed by atoms with Crippen LogP contribution in [0.2, 0.25) is 0 Å². The van der Waals surface area contributed by atoms with Crippen LogP contribution >= 0.6 is 0 Å². The number of nitrogens with one attached hydrogen (secondary N) is 1. The SMILES string of the molecule is CCC1(CC)CNC1c1nccn1CCOC. The molecule has 1 saturated heterocycles. The first-order valence-corrected chi connectivity index (χ1v) is 6.50. The molecule has 1 fully saturated rings. The van der Waals surface area contributed by atoms with Crippen molar-refractivity contribution < 1.29 is 4.74 Å². The molecule has 1 aromatic heterocycles. The van der Waals surface area contributed by atoms with Crippen LogP contribution in [0.3, 0.4) is 0 Å². The monoisotopic (exact) mass is 237 g/mol. The second kappa shape index (κ2) is 5.19. The molecule has 0 aromatic carbocycles. The van der Waals surface area contributed by atoms with Crippen LogP contribution in [0.5, 0.6) is 0 Å². The molecule has 1 unspecified atom stereocenters. The highest BCUT2D eigenvalue weighted by atomic mass is 16.5. The van der Waals surface area contributed by atoms with Crippen LogP contribution in [0, 0.1) is 5.41 Å². The van der Waals surface area contributed by atoms with E-state index < -0.39 is 0 Å². The summed E-state index contributed by atoms with van der Waals surface area (Å²) in [5, 5.41) is 3.53. The van der Waals surface area contributed by atoms with Gasteiger partial charge in [0.15, 0.2) is 0 Å². The Hall–Kier alpha value is -0.870. The lowest BCUT2D eigenvalue weighted by atomic mass is 9.69. The van der Waals surface area contributed by atoms with Crippen molar-refractivity contribution in [2.24, 2.45) is 5.41 Å². The third-order valence-electron chi connectivity index (χ3n) is 4.22. The van der Waals surface area contributed by atoms with E-state index in [9.17, 15) is 0 Å². The smallest absolute Gasteiger partial charge is 0.126 e. The van der Waals surface area contributed by atoms with Gasteiger partial charge in [-0.3, -0.25) is 0 Å². The summed E-state index contributed by atoms with van der Waals surface area (Å²) in [5.74, 6) is 1.16. The number of nitrogens with zero attached hydrogens (tertiary/aromatic N) is 2. The molecule has 0 spiro atoms. The van der Waals surface area contributed by atoms with Crippen molar-refractivity contribution in [2.75, 3.05) is 20.3 Å². The van der Waals surface area contributed by atoms with Gasteiger partial charge in [-0.1, -0.05) is 13.8 Å². The van der Waals surface area contributed by atoms with E-state index in [4.69, 9.17) is 4.74 Å². The molecular formula is C13H23N3O. The number of methoxy groups -OCH3 is 1. The zero-order valence-corrected chi connectivity index (χ0v) is 11.1. The van der Waals surface area contributed by atoms with E-state index in [-0.39, 0.29) is 0 Å². The highest BCUT2D eigenvalue weighted by Gasteiger charge is 2.46. The lowest BCUT2D eigenvalue weighted by Crippen LogP contribution is -2.56. The summed E-state index contributed by atoms with van der Waals surface area (Å²) in [7, 11) is 1.74. The van der Waals surface area contributed by atoms with Gasteiger partial charge in [0.2, 0.25) is 0 Å². The van der Waals surface area contributed by atoms with Crippen molar-refractivity contribution >= 4 is 0 Å². The van der Waals surface area contributed by atoms with Crippen LogP contribution in [-0.2, 0) is 11.3 Å². The van der Waals surface area contributed by atoms with Crippen LogP contribution < -0.4 is 5.32 Å². The minimum Gasteiger partial charge on any atom is -0.383 e. The van der Waals surface area contributed by atoms with Gasteiger partial charge in [0.1, 0.15) is 5.82 Å². The quantitative estimate of drug-likeness (QED) is 0.822. The van der Waals surface area contributed by atoms with E-state index in [1.165, 1.54) is 12.8 Å². The summed E-state index contributed by atoms with van der Waals surface area (Å²) in [4.78, 5) is 4.53. The Labute approximate surface area is 103 Å². The average Bonchev–Trinajstić information content (AvgIpc) is 2.75. The first-order chi connectivity index (χ1) is 8.27. The summed E-state index contributed by atoms with van der Waals surface area (Å²) >= 11 is 0. The van der Waals surface area contributed by atoms with Gasteiger partial charge in [-0.15, -0.1) is 0 Å². The summed E-state index contributed by atoms with van der Waals surface area (Å²) in [5.41, 5.74) is 0.399. The van der Waals surface area contributed by atoms with Crippen molar-refractivity contribution in [3.8, 4) is 0 Å². The van der Waals surface area contributed by atoms with Crippen molar-refractivity contribution in [1.29, 1.82) is 0 Å². The molecule has 1 aliphatic heterocycles. The number of imidazole rings is 1. The van der Waals surface area contributed by atoms with Gasteiger partial charge in [-0.25, -0.2) is 4.98 Å². The van der Waals surface area contributed by atoms with Crippen LogP contribution in [0.1, 0.15) is 38.6 Å². The first kappa shape index (κ1) is 12.6. The molecule has 0 saturated carbocycles. The third kappa shape index (κ3) is 2.11. The molecule has 4 nitrogen and oxygen atoms in total. The van der Waals surface area contributed by atoms with Gasteiger partial charge < -0.3 is 14.6 Å². The van der Waals surface area contributed by atoms with Crippen LogP contribution in [0.25, 0.3) is 0 Å². The predicted molar refractivity (Wildman–Crippen MR) is 67.9 cm³/mol. The fraction of sp³-hybridized carbons (Fsp3) is 0.769. The van der Waals surface area contributed by atoms with Gasteiger partial charge in [0, 0.05) is 38.0 Å². The number of ether oxygens (including phenoxy) is 1. The predicted octanol–water partition coefficient (Wildman–Crippen LogP) is 1.98. The van der Waals surface area contributed by atoms with Gasteiger partial charge in [-0.05, 0) is 12.8 Å². The maximum absolute atomic E-state index is 5.14. The molecule has 1 aromatic rings. The van der Waals surface area contributed by atoms with Crippen molar-refractivity contribution in [3.05, 3.63) is 18.2 Å². The zero-order chi connectivity index (χ0) is 12.3. The molecule has 0 aliphatic carbocycles. The number of rotatable bonds is 6. The van der Waals surface area contributed by atoms with Gasteiger partial charge >= 0.3 is 0 Å². The first-order valence-electron chi connectivity index (χ1n) is 6.50. The van der Waals surface area contributed by atoms with Crippen LogP contribution in [-0.4, -0.2) is 29.8 Å². The number of aromatic nitrogens is 2. The Morgan fingerprint density at radius 3 is 2.82 bits per heavy atom. The standard InChI is InChI=1S/C13H23N3O/c1-4-13(5-2)10-15-11(13)12-14-6-7-16(12)8-9-17-3/h6-7,11,15H,4-5,8-10H2,1-3H3. The molecule has 2 rings (SSSR count). The number of hydrogen-bond acceptors (Lipinski definition) is 3. The Morgan fingerprint density at radius 1 is 1.53 bits per heavy atom. The highest BCUT2D eigenvalue weighted by Crippen LogP contribution is 2.45. The van der Waals surface area contributed by atoms with E-state index in [1.54, 1.807) is 7.11 Å². The molecule has 1 N–H and O–H groups in total. The van der Waals surface area contributed by atoms with E-state index in [2.05, 4.69) is 28.7 Å². The van der Waals surface area contributed by atoms with E-state index >= 15 is 0 Å². The lowest BCUT2D eigenvalue weighted by molar-refractivity contribution is 0.0610. The molecular weight excluding hydrogens is 214 g/mol. The van der Waals surface area contributed by atoms with Crippen molar-refractivity contribution in [1.82, 2.24) is 14.9 Å². The van der Waals surface area contributed by atoms with E-state index in [1.807, 2.05) is 12.4 Å². The van der Waals surface area contributed by atoms with E-state index in [0.29, 0.717) is 11.5 Å². The van der Waals surface area contributed by atoms with Crippen molar-refractivity contribution in [2.45, 2.75) is 39.3 Å². The van der Waals surface area contributed by atoms with E-state index in [0.717, 1.165) is 25.5 Å². The van der Waals surface area contributed by atoms with Crippen molar-refractivity contribution in [3.63, 3.8) is 0 Å². The normalized spacial score (nSPS) is 22.4. The fourth-order valence-corrected chi connectivity index (χ4v) is 2.73. The summed E-state index contributed by atoms with van der Waals surface area (Å²) in [6.07, 6.45) is 6.35. The van der Waals surface area contributed by atoms with Crippen LogP contribution in [0.4, 0.5) is 0 Å². The molecule has 1 aliphatic rings. The van der Waals surface area contributed by atoms with Gasteiger partial charge in [0.25, 0.3) is 0 Å². The maximum Gasteiger partial charge on any atom is 0.126 e. The molecule has 1 atom stereocenters. The number of hydrogen-bond donors (Lipinski definition) is 1. The highest BCUT2D eigenvalue weighted by molar-refractivity contribution is 5.12. The second-order valence-electron chi connectivity index (χ2n) is 4.86. The largest absolute Gasteiger partial charge is 0.383 e. The topological polar surface area (TPSA) is 39.1 Å². The summed E-state index contributed by atoms with van der Waals surface area (Å²) < 4.78 is 7.35. The molecule has 0 bridgehead atoms. The second-order valence-corrected chi connectivity index (χ2v) is 4.86. The third-order valence-corrected chi connectivity index (χ3v) is 4.22. The van der Waals surface area contributed by atoms with Crippen LogP contribution in [0.15, 0.2) is 12.4 Å². The summed E-state index contributed by atoms with van der Waals surface area (Å²) in [6.45, 7) is 7.29. The molecule has 17 heavy (non-hydrogen) atoms. The minimum absolute atomic E-state index is 0.399. The fourth-order valence-electron chi connectivity index (χ4n) is 2.73. The zero-order valence-electron chi connectivity index (χ0n) is 11.1. The molecule has 0 radical (unpaired) electrons. The Bertz CT molecular complexity index is 352. The average molecular weight is 237 g/mol. The molecule has 96 valence electrons.